The second-order valence-corrected chi connectivity index (χ2v) is 3.14. The van der Waals surface area contributed by atoms with E-state index in [0.717, 1.165) is 0 Å². The third-order valence-corrected chi connectivity index (χ3v) is 2.31. The fourth-order valence-corrected chi connectivity index (χ4v) is 1.77. The summed E-state index contributed by atoms with van der Waals surface area (Å²) in [5.74, 6) is 0. The molecular weight excluding hydrogens is 128 g/mol. The van der Waals surface area contributed by atoms with Gasteiger partial charge < -0.3 is 0 Å². The third kappa shape index (κ3) is 2.27. The second-order valence-electron chi connectivity index (χ2n) is 2.11. The van der Waals surface area contributed by atoms with Gasteiger partial charge in [-0.05, 0) is 29.6 Å². The Bertz CT molecular complexity index is 134. The summed E-state index contributed by atoms with van der Waals surface area (Å²) in [6.07, 6.45) is 8.22. The Labute approximate surface area is 61.0 Å². The van der Waals surface area contributed by atoms with Crippen LogP contribution in [0, 0.1) is 0 Å². The van der Waals surface area contributed by atoms with Crippen LogP contribution < -0.4 is 0 Å². The number of allylic oxidation sites excluding steroid dienone is 3. The highest BCUT2D eigenvalue weighted by molar-refractivity contribution is 8.05. The molecule has 0 aromatic rings. The van der Waals surface area contributed by atoms with Crippen molar-refractivity contribution in [2.75, 3.05) is 0 Å². The summed E-state index contributed by atoms with van der Waals surface area (Å²) in [6, 6.07) is 0. The zero-order valence-electron chi connectivity index (χ0n) is 5.76. The minimum absolute atomic E-state index is 1.18. The first-order chi connectivity index (χ1) is 4.43. The molecule has 9 heavy (non-hydrogen) atoms. The Morgan fingerprint density at radius 3 is 3.22 bits per heavy atom. The Hall–Kier alpha value is -0.170. The van der Waals surface area contributed by atoms with Crippen LogP contribution in [-0.4, -0.2) is 0 Å². The van der Waals surface area contributed by atoms with Gasteiger partial charge in [-0.25, -0.2) is 0 Å². The van der Waals surface area contributed by atoms with E-state index in [4.69, 9.17) is 0 Å². The normalized spacial score (nSPS) is 23.0. The summed E-state index contributed by atoms with van der Waals surface area (Å²) in [5, 5.41) is 2.19. The predicted octanol–water partition coefficient (Wildman–Crippen LogP) is 3.32. The highest BCUT2D eigenvalue weighted by Gasteiger charge is 1.97. The van der Waals surface area contributed by atoms with Gasteiger partial charge in [0, 0.05) is 0 Å². The largest absolute Gasteiger partial charge is 0.103 e. The van der Waals surface area contributed by atoms with Crippen LogP contribution in [0.2, 0.25) is 0 Å². The van der Waals surface area contributed by atoms with Crippen molar-refractivity contribution in [3.63, 3.8) is 0 Å². The highest BCUT2D eigenvalue weighted by Crippen LogP contribution is 2.27. The van der Waals surface area contributed by atoms with Gasteiger partial charge in [0.15, 0.2) is 0 Å². The van der Waals surface area contributed by atoms with E-state index in [1.807, 2.05) is 11.8 Å². The standard InChI is InChI=1S/C8H12S/c1-2-5-8-6-3-4-7-9-8/h4-5,7H,2-3,6H2,1H3/b8-5+. The van der Waals surface area contributed by atoms with Gasteiger partial charge in [-0.1, -0.05) is 19.1 Å². The summed E-state index contributed by atoms with van der Waals surface area (Å²) in [6.45, 7) is 2.19. The van der Waals surface area contributed by atoms with E-state index in [9.17, 15) is 0 Å². The van der Waals surface area contributed by atoms with Gasteiger partial charge in [0.05, 0.1) is 0 Å². The zero-order valence-corrected chi connectivity index (χ0v) is 6.58. The summed E-state index contributed by atoms with van der Waals surface area (Å²) in [7, 11) is 0. The molecule has 50 valence electrons. The van der Waals surface area contributed by atoms with Crippen molar-refractivity contribution in [1.82, 2.24) is 0 Å². The second kappa shape index (κ2) is 3.78. The van der Waals surface area contributed by atoms with Gasteiger partial charge in [0.25, 0.3) is 0 Å². The molecule has 1 rings (SSSR count). The van der Waals surface area contributed by atoms with Crippen LogP contribution in [0.15, 0.2) is 22.5 Å². The van der Waals surface area contributed by atoms with Gasteiger partial charge in [-0.2, -0.15) is 0 Å². The number of hydrogen-bond acceptors (Lipinski definition) is 1. The molecule has 0 unspecified atom stereocenters. The molecular formula is C8H12S. The molecule has 0 amide bonds. The average molecular weight is 140 g/mol. The van der Waals surface area contributed by atoms with E-state index < -0.39 is 0 Å². The van der Waals surface area contributed by atoms with Gasteiger partial charge in [-0.15, -0.1) is 11.8 Å². The maximum absolute atomic E-state index is 2.31. The molecule has 1 aliphatic heterocycles. The van der Waals surface area contributed by atoms with Gasteiger partial charge in [-0.3, -0.25) is 0 Å². The minimum Gasteiger partial charge on any atom is -0.103 e. The molecule has 0 fully saturated rings. The van der Waals surface area contributed by atoms with Crippen LogP contribution in [0.1, 0.15) is 26.2 Å². The quantitative estimate of drug-likeness (QED) is 0.538. The van der Waals surface area contributed by atoms with Gasteiger partial charge in [0.1, 0.15) is 0 Å². The lowest BCUT2D eigenvalue weighted by molar-refractivity contribution is 1.02. The summed E-state index contributed by atoms with van der Waals surface area (Å²) >= 11 is 1.87. The van der Waals surface area contributed by atoms with Crippen molar-refractivity contribution >= 4 is 11.8 Å². The first-order valence-corrected chi connectivity index (χ1v) is 4.32. The van der Waals surface area contributed by atoms with E-state index in [0.29, 0.717) is 0 Å². The number of thioether (sulfide) groups is 1. The molecule has 0 saturated carbocycles. The van der Waals surface area contributed by atoms with Crippen molar-refractivity contribution in [3.05, 3.63) is 22.5 Å². The summed E-state index contributed by atoms with van der Waals surface area (Å²) < 4.78 is 0. The smallest absolute Gasteiger partial charge is 0.0145 e. The summed E-state index contributed by atoms with van der Waals surface area (Å²) in [4.78, 5) is 1.54. The van der Waals surface area contributed by atoms with Crippen LogP contribution in [-0.2, 0) is 0 Å². The van der Waals surface area contributed by atoms with E-state index in [2.05, 4.69) is 24.5 Å². The lowest BCUT2D eigenvalue weighted by Crippen LogP contribution is -1.79. The number of hydrogen-bond donors (Lipinski definition) is 0. The summed E-state index contributed by atoms with van der Waals surface area (Å²) in [5.41, 5.74) is 0. The lowest BCUT2D eigenvalue weighted by Gasteiger charge is -2.05. The molecule has 0 atom stereocenters. The van der Waals surface area contributed by atoms with Crippen molar-refractivity contribution in [1.29, 1.82) is 0 Å². The first kappa shape index (κ1) is 6.94. The monoisotopic (exact) mass is 140 g/mol. The van der Waals surface area contributed by atoms with Crippen molar-refractivity contribution in [2.45, 2.75) is 26.2 Å². The molecule has 0 aliphatic carbocycles. The van der Waals surface area contributed by atoms with Crippen LogP contribution >= 0.6 is 11.8 Å². The maximum Gasteiger partial charge on any atom is -0.0145 e. The molecule has 1 heterocycles. The fraction of sp³-hybridized carbons (Fsp3) is 0.500. The fourth-order valence-electron chi connectivity index (χ4n) is 0.866. The van der Waals surface area contributed by atoms with Crippen LogP contribution in [0.25, 0.3) is 0 Å². The Kier molecular flexibility index (Phi) is 2.92. The molecule has 0 spiro atoms. The molecule has 1 aliphatic rings. The molecule has 0 bridgehead atoms. The third-order valence-electron chi connectivity index (χ3n) is 1.30. The Balaban J connectivity index is 2.43. The number of rotatable bonds is 1. The average Bonchev–Trinajstić information content (AvgIpc) is 1.91. The highest BCUT2D eigenvalue weighted by atomic mass is 32.2. The van der Waals surface area contributed by atoms with Crippen molar-refractivity contribution < 1.29 is 0 Å². The van der Waals surface area contributed by atoms with Crippen molar-refractivity contribution in [3.8, 4) is 0 Å². The molecule has 0 nitrogen and oxygen atoms in total. The Morgan fingerprint density at radius 2 is 2.67 bits per heavy atom. The van der Waals surface area contributed by atoms with E-state index in [-0.39, 0.29) is 0 Å². The van der Waals surface area contributed by atoms with E-state index in [1.165, 1.54) is 19.3 Å². The molecule has 0 N–H and O–H groups in total. The SMILES string of the molecule is CC/C=C1\CCC=CS1. The van der Waals surface area contributed by atoms with Gasteiger partial charge >= 0.3 is 0 Å². The molecule has 0 saturated heterocycles. The van der Waals surface area contributed by atoms with Gasteiger partial charge in [0.2, 0.25) is 0 Å². The van der Waals surface area contributed by atoms with Crippen LogP contribution in [0.5, 0.6) is 0 Å². The first-order valence-electron chi connectivity index (χ1n) is 3.44. The minimum atomic E-state index is 1.18. The molecule has 0 radical (unpaired) electrons. The topological polar surface area (TPSA) is 0 Å². The maximum atomic E-state index is 2.31. The van der Waals surface area contributed by atoms with E-state index >= 15 is 0 Å². The zero-order chi connectivity index (χ0) is 6.53. The predicted molar refractivity (Wildman–Crippen MR) is 44.3 cm³/mol. The van der Waals surface area contributed by atoms with Crippen molar-refractivity contribution in [2.24, 2.45) is 0 Å². The van der Waals surface area contributed by atoms with E-state index in [1.54, 1.807) is 4.91 Å². The van der Waals surface area contributed by atoms with Crippen LogP contribution in [0.4, 0.5) is 0 Å². The molecule has 0 aromatic heterocycles. The van der Waals surface area contributed by atoms with Crippen LogP contribution in [0.3, 0.4) is 0 Å². The molecule has 1 heteroatoms. The molecule has 0 aromatic carbocycles. The lowest BCUT2D eigenvalue weighted by atomic mass is 10.2. The Morgan fingerprint density at radius 1 is 1.78 bits per heavy atom.